The highest BCUT2D eigenvalue weighted by Crippen LogP contribution is 2.14. The van der Waals surface area contributed by atoms with Gasteiger partial charge in [0.1, 0.15) is 4.47 Å². The molecule has 0 aliphatic carbocycles. The molecular weight excluding hydrogens is 278 g/mol. The Balaban J connectivity index is 2.46. The van der Waals surface area contributed by atoms with E-state index in [2.05, 4.69) is 31.4 Å². The molecule has 0 spiro atoms. The van der Waals surface area contributed by atoms with Gasteiger partial charge in [-0.1, -0.05) is 0 Å². The van der Waals surface area contributed by atoms with Crippen molar-refractivity contribution in [1.29, 1.82) is 0 Å². The first-order valence-electron chi connectivity index (χ1n) is 4.77. The number of nitrogens with one attached hydrogen (secondary N) is 2. The van der Waals surface area contributed by atoms with Crippen LogP contribution in [0.3, 0.4) is 0 Å². The standard InChI is InChI=1S/C9H12BrN3O3/c1-2-16-7(14)3-4-11-6-5-12-13-9(15)8(6)10/h5H,2-4H2,1H3,(H2,11,13,15). The van der Waals surface area contributed by atoms with Crippen molar-refractivity contribution >= 4 is 27.6 Å². The van der Waals surface area contributed by atoms with Crippen LogP contribution in [0, 0.1) is 0 Å². The molecule has 0 aromatic carbocycles. The molecule has 1 heterocycles. The highest BCUT2D eigenvalue weighted by atomic mass is 79.9. The van der Waals surface area contributed by atoms with E-state index in [0.717, 1.165) is 0 Å². The Labute approximate surface area is 101 Å². The molecule has 7 heteroatoms. The van der Waals surface area contributed by atoms with Gasteiger partial charge in [0, 0.05) is 6.54 Å². The van der Waals surface area contributed by atoms with Crippen LogP contribution in [-0.2, 0) is 9.53 Å². The van der Waals surface area contributed by atoms with Crippen LogP contribution in [0.4, 0.5) is 5.69 Å². The lowest BCUT2D eigenvalue weighted by atomic mass is 10.4. The van der Waals surface area contributed by atoms with Crippen molar-refractivity contribution in [3.05, 3.63) is 21.0 Å². The fourth-order valence-corrected chi connectivity index (χ4v) is 1.37. The lowest BCUT2D eigenvalue weighted by Crippen LogP contribution is -2.15. The van der Waals surface area contributed by atoms with Crippen molar-refractivity contribution in [2.24, 2.45) is 0 Å². The first kappa shape index (κ1) is 12.7. The summed E-state index contributed by atoms with van der Waals surface area (Å²) < 4.78 is 5.13. The van der Waals surface area contributed by atoms with Crippen LogP contribution in [0.2, 0.25) is 0 Å². The minimum absolute atomic E-state index is 0.243. The summed E-state index contributed by atoms with van der Waals surface area (Å²) in [5, 5.41) is 8.82. The van der Waals surface area contributed by atoms with Gasteiger partial charge in [0.15, 0.2) is 0 Å². The molecular formula is C9H12BrN3O3. The minimum Gasteiger partial charge on any atom is -0.466 e. The van der Waals surface area contributed by atoms with E-state index < -0.39 is 0 Å². The summed E-state index contributed by atoms with van der Waals surface area (Å²) >= 11 is 3.12. The van der Waals surface area contributed by atoms with Crippen molar-refractivity contribution in [2.75, 3.05) is 18.5 Å². The number of carbonyl (C=O) groups excluding carboxylic acids is 1. The Morgan fingerprint density at radius 3 is 3.12 bits per heavy atom. The number of carbonyl (C=O) groups is 1. The molecule has 0 atom stereocenters. The third-order valence-electron chi connectivity index (χ3n) is 1.75. The fourth-order valence-electron chi connectivity index (χ4n) is 1.04. The third-order valence-corrected chi connectivity index (χ3v) is 2.53. The second-order valence-electron chi connectivity index (χ2n) is 2.91. The Bertz CT molecular complexity index is 419. The number of ether oxygens (including phenoxy) is 1. The number of esters is 1. The van der Waals surface area contributed by atoms with E-state index in [1.165, 1.54) is 6.20 Å². The zero-order valence-electron chi connectivity index (χ0n) is 8.75. The van der Waals surface area contributed by atoms with Gasteiger partial charge in [0.25, 0.3) is 5.56 Å². The van der Waals surface area contributed by atoms with Crippen LogP contribution in [0.25, 0.3) is 0 Å². The lowest BCUT2D eigenvalue weighted by Gasteiger charge is -2.06. The summed E-state index contributed by atoms with van der Waals surface area (Å²) in [5.74, 6) is -0.274. The van der Waals surface area contributed by atoms with E-state index in [9.17, 15) is 9.59 Å². The minimum atomic E-state index is -0.318. The van der Waals surface area contributed by atoms with Crippen LogP contribution in [0.15, 0.2) is 15.5 Å². The van der Waals surface area contributed by atoms with Crippen molar-refractivity contribution in [2.45, 2.75) is 13.3 Å². The van der Waals surface area contributed by atoms with Crippen LogP contribution >= 0.6 is 15.9 Å². The molecule has 1 rings (SSSR count). The number of hydrogen-bond donors (Lipinski definition) is 2. The number of H-pyrrole nitrogens is 1. The molecule has 0 unspecified atom stereocenters. The average Bonchev–Trinajstić information content (AvgIpc) is 2.25. The molecule has 0 radical (unpaired) electrons. The van der Waals surface area contributed by atoms with Gasteiger partial charge in [0.05, 0.1) is 24.9 Å². The van der Waals surface area contributed by atoms with Crippen molar-refractivity contribution in [1.82, 2.24) is 10.2 Å². The molecule has 6 nitrogen and oxygen atoms in total. The quantitative estimate of drug-likeness (QED) is 0.787. The summed E-state index contributed by atoms with van der Waals surface area (Å²) in [6.45, 7) is 2.51. The van der Waals surface area contributed by atoms with Gasteiger partial charge >= 0.3 is 5.97 Å². The largest absolute Gasteiger partial charge is 0.466 e. The number of halogens is 1. The molecule has 0 bridgehead atoms. The van der Waals surface area contributed by atoms with E-state index in [4.69, 9.17) is 4.74 Å². The van der Waals surface area contributed by atoms with Crippen molar-refractivity contribution in [3.63, 3.8) is 0 Å². The number of hydrogen-bond acceptors (Lipinski definition) is 5. The van der Waals surface area contributed by atoms with E-state index in [1.807, 2.05) is 0 Å². The first-order valence-corrected chi connectivity index (χ1v) is 5.57. The third kappa shape index (κ3) is 3.65. The maximum Gasteiger partial charge on any atom is 0.307 e. The Kier molecular flexibility index (Phi) is 4.97. The molecule has 0 fully saturated rings. The molecule has 0 aliphatic heterocycles. The predicted octanol–water partition coefficient (Wildman–Crippen LogP) is 0.897. The average molecular weight is 290 g/mol. The van der Waals surface area contributed by atoms with Gasteiger partial charge in [-0.3, -0.25) is 9.59 Å². The monoisotopic (exact) mass is 289 g/mol. The van der Waals surface area contributed by atoms with Gasteiger partial charge in [-0.15, -0.1) is 0 Å². The summed E-state index contributed by atoms with van der Waals surface area (Å²) in [4.78, 5) is 22.2. The van der Waals surface area contributed by atoms with Crippen LogP contribution in [0.5, 0.6) is 0 Å². The Morgan fingerprint density at radius 2 is 2.44 bits per heavy atom. The van der Waals surface area contributed by atoms with E-state index in [-0.39, 0.29) is 17.9 Å². The SMILES string of the molecule is CCOC(=O)CCNc1cn[nH]c(=O)c1Br. The molecule has 0 amide bonds. The highest BCUT2D eigenvalue weighted by Gasteiger charge is 2.05. The molecule has 1 aromatic rings. The summed E-state index contributed by atoms with van der Waals surface area (Å²) in [5.41, 5.74) is 0.231. The Hall–Kier alpha value is -1.37. The second-order valence-corrected chi connectivity index (χ2v) is 3.70. The predicted molar refractivity (Wildman–Crippen MR) is 62.3 cm³/mol. The van der Waals surface area contributed by atoms with Gasteiger partial charge in [-0.2, -0.15) is 5.10 Å². The number of rotatable bonds is 5. The molecule has 16 heavy (non-hydrogen) atoms. The van der Waals surface area contributed by atoms with Gasteiger partial charge in [0.2, 0.25) is 0 Å². The zero-order chi connectivity index (χ0) is 12.0. The van der Waals surface area contributed by atoms with Crippen molar-refractivity contribution < 1.29 is 9.53 Å². The normalized spacial score (nSPS) is 9.88. The van der Waals surface area contributed by atoms with Crippen molar-refractivity contribution in [3.8, 4) is 0 Å². The van der Waals surface area contributed by atoms with E-state index in [0.29, 0.717) is 23.3 Å². The second kappa shape index (κ2) is 6.26. The summed E-state index contributed by atoms with van der Waals surface area (Å²) in [6.07, 6.45) is 1.71. The van der Waals surface area contributed by atoms with Crippen LogP contribution < -0.4 is 10.9 Å². The van der Waals surface area contributed by atoms with Gasteiger partial charge in [-0.25, -0.2) is 5.10 Å². The molecule has 2 N–H and O–H groups in total. The maximum atomic E-state index is 11.1. The van der Waals surface area contributed by atoms with Gasteiger partial charge < -0.3 is 10.1 Å². The number of aromatic amines is 1. The molecule has 0 aliphatic rings. The number of nitrogens with zero attached hydrogens (tertiary/aromatic N) is 1. The van der Waals surface area contributed by atoms with Crippen LogP contribution in [0.1, 0.15) is 13.3 Å². The van der Waals surface area contributed by atoms with E-state index in [1.54, 1.807) is 6.92 Å². The molecule has 0 saturated heterocycles. The smallest absolute Gasteiger partial charge is 0.307 e. The van der Waals surface area contributed by atoms with E-state index >= 15 is 0 Å². The summed E-state index contributed by atoms with van der Waals surface area (Å²) in [7, 11) is 0. The van der Waals surface area contributed by atoms with Gasteiger partial charge in [-0.05, 0) is 22.9 Å². The maximum absolute atomic E-state index is 11.1. The molecule has 0 saturated carbocycles. The molecule has 1 aromatic heterocycles. The van der Waals surface area contributed by atoms with Crippen LogP contribution in [-0.4, -0.2) is 29.3 Å². The summed E-state index contributed by atoms with van der Waals surface area (Å²) in [6, 6.07) is 0. The first-order chi connectivity index (χ1) is 7.65. The number of aromatic nitrogens is 2. The zero-order valence-corrected chi connectivity index (χ0v) is 10.3. The lowest BCUT2D eigenvalue weighted by molar-refractivity contribution is -0.142. The molecule has 88 valence electrons. The number of anilines is 1. The fraction of sp³-hybridized carbons (Fsp3) is 0.444. The highest BCUT2D eigenvalue weighted by molar-refractivity contribution is 9.10. The Morgan fingerprint density at radius 1 is 1.69 bits per heavy atom. The topological polar surface area (TPSA) is 84.1 Å².